The van der Waals surface area contributed by atoms with Crippen molar-refractivity contribution in [3.63, 3.8) is 0 Å². The predicted molar refractivity (Wildman–Crippen MR) is 94.3 cm³/mol. The van der Waals surface area contributed by atoms with E-state index in [0.29, 0.717) is 26.3 Å². The molecule has 3 heterocycles. The number of rotatable bonds is 3. The fraction of sp³-hybridized carbons (Fsp3) is 0.562. The van der Waals surface area contributed by atoms with Crippen molar-refractivity contribution in [2.45, 2.75) is 38.0 Å². The molecule has 23 heavy (non-hydrogen) atoms. The number of fused-ring (bicyclic) bond motifs is 1. The number of thiophene rings is 1. The van der Waals surface area contributed by atoms with Crippen LogP contribution in [0.3, 0.4) is 0 Å². The normalized spacial score (nSPS) is 16.8. The third kappa shape index (κ3) is 3.36. The van der Waals surface area contributed by atoms with Crippen LogP contribution in [0.1, 0.15) is 23.2 Å². The molecule has 0 aliphatic carbocycles. The lowest BCUT2D eigenvalue weighted by atomic mass is 10.2. The molecule has 1 saturated heterocycles. The third-order valence-electron chi connectivity index (χ3n) is 4.07. The minimum atomic E-state index is -0.162. The number of hydrogen-bond acceptors (Lipinski definition) is 6. The van der Waals surface area contributed by atoms with Crippen LogP contribution in [0.5, 0.6) is 0 Å². The van der Waals surface area contributed by atoms with E-state index in [1.807, 2.05) is 18.7 Å². The first kappa shape index (κ1) is 16.7. The van der Waals surface area contributed by atoms with Gasteiger partial charge in [0.25, 0.3) is 0 Å². The molecular formula is C16H21N3O2S2. The van der Waals surface area contributed by atoms with Crippen molar-refractivity contribution in [2.75, 3.05) is 26.3 Å². The zero-order chi connectivity index (χ0) is 16.6. The summed E-state index contributed by atoms with van der Waals surface area (Å²) in [5.41, 5.74) is 1.22. The summed E-state index contributed by atoms with van der Waals surface area (Å²) in [5.74, 6) is 0.916. The highest BCUT2D eigenvalue weighted by Crippen LogP contribution is 2.36. The maximum Gasteiger partial charge on any atom is 0.235 e. The molecule has 0 saturated carbocycles. The van der Waals surface area contributed by atoms with Gasteiger partial charge in [-0.3, -0.25) is 4.79 Å². The second-order valence-corrected chi connectivity index (χ2v) is 8.27. The lowest BCUT2D eigenvalue weighted by Gasteiger charge is -2.29. The summed E-state index contributed by atoms with van der Waals surface area (Å²) in [5, 5.41) is 1.86. The Labute approximate surface area is 144 Å². The predicted octanol–water partition coefficient (Wildman–Crippen LogP) is 2.96. The molecule has 2 aromatic rings. The first-order valence-electron chi connectivity index (χ1n) is 7.75. The lowest BCUT2D eigenvalue weighted by molar-refractivity contribution is -0.134. The van der Waals surface area contributed by atoms with Crippen LogP contribution in [-0.4, -0.2) is 52.3 Å². The van der Waals surface area contributed by atoms with E-state index >= 15 is 0 Å². The van der Waals surface area contributed by atoms with Crippen molar-refractivity contribution in [1.29, 1.82) is 0 Å². The summed E-state index contributed by atoms with van der Waals surface area (Å²) >= 11 is 3.23. The first-order valence-corrected chi connectivity index (χ1v) is 9.44. The molecule has 1 aliphatic heterocycles. The summed E-state index contributed by atoms with van der Waals surface area (Å²) < 4.78 is 5.32. The first-order chi connectivity index (χ1) is 11.0. The van der Waals surface area contributed by atoms with Gasteiger partial charge in [-0.15, -0.1) is 11.3 Å². The van der Waals surface area contributed by atoms with Gasteiger partial charge < -0.3 is 9.64 Å². The van der Waals surface area contributed by atoms with Gasteiger partial charge in [0, 0.05) is 23.4 Å². The quantitative estimate of drug-likeness (QED) is 0.629. The van der Waals surface area contributed by atoms with Crippen LogP contribution in [0.25, 0.3) is 10.2 Å². The van der Waals surface area contributed by atoms with Crippen molar-refractivity contribution in [3.8, 4) is 0 Å². The van der Waals surface area contributed by atoms with Crippen LogP contribution >= 0.6 is 23.1 Å². The van der Waals surface area contributed by atoms with Crippen LogP contribution in [0.15, 0.2) is 5.03 Å². The second-order valence-electron chi connectivity index (χ2n) is 5.74. The molecule has 0 spiro atoms. The summed E-state index contributed by atoms with van der Waals surface area (Å²) in [7, 11) is 0. The van der Waals surface area contributed by atoms with Gasteiger partial charge in [-0.25, -0.2) is 9.97 Å². The number of nitrogens with zero attached hydrogens (tertiary/aromatic N) is 3. The van der Waals surface area contributed by atoms with Crippen LogP contribution in [-0.2, 0) is 9.53 Å². The number of amides is 1. The summed E-state index contributed by atoms with van der Waals surface area (Å²) in [6.07, 6.45) is 0. The topological polar surface area (TPSA) is 55.3 Å². The molecule has 0 radical (unpaired) electrons. The molecule has 0 N–H and O–H groups in total. The molecular weight excluding hydrogens is 330 g/mol. The van der Waals surface area contributed by atoms with Crippen LogP contribution in [0, 0.1) is 20.8 Å². The molecule has 0 bridgehead atoms. The molecule has 1 fully saturated rings. The Bertz CT molecular complexity index is 738. The van der Waals surface area contributed by atoms with Gasteiger partial charge in [0.15, 0.2) is 0 Å². The molecule has 0 aromatic carbocycles. The SMILES string of the molecule is Cc1nc(SC(C)C(=O)N2CCOCC2)c2c(C)c(C)sc2n1. The van der Waals surface area contributed by atoms with Crippen molar-refractivity contribution in [1.82, 2.24) is 14.9 Å². The van der Waals surface area contributed by atoms with Crippen molar-refractivity contribution < 1.29 is 9.53 Å². The van der Waals surface area contributed by atoms with Crippen molar-refractivity contribution in [2.24, 2.45) is 0 Å². The number of hydrogen-bond donors (Lipinski definition) is 0. The summed E-state index contributed by atoms with van der Waals surface area (Å²) in [6, 6.07) is 0. The number of thioether (sulfide) groups is 1. The zero-order valence-electron chi connectivity index (χ0n) is 13.9. The van der Waals surface area contributed by atoms with Gasteiger partial charge in [0.1, 0.15) is 15.7 Å². The molecule has 1 unspecified atom stereocenters. The van der Waals surface area contributed by atoms with Gasteiger partial charge in [-0.2, -0.15) is 0 Å². The minimum absolute atomic E-state index is 0.160. The Morgan fingerprint density at radius 1 is 1.26 bits per heavy atom. The van der Waals surface area contributed by atoms with Crippen molar-refractivity contribution in [3.05, 3.63) is 16.3 Å². The van der Waals surface area contributed by atoms with E-state index in [1.54, 1.807) is 23.1 Å². The van der Waals surface area contributed by atoms with Gasteiger partial charge in [-0.05, 0) is 33.3 Å². The van der Waals surface area contributed by atoms with Crippen LogP contribution in [0.4, 0.5) is 0 Å². The highest BCUT2D eigenvalue weighted by molar-refractivity contribution is 8.00. The Hall–Kier alpha value is -1.18. The maximum atomic E-state index is 12.6. The number of morpholine rings is 1. The average molecular weight is 351 g/mol. The molecule has 5 nitrogen and oxygen atoms in total. The Kier molecular flexibility index (Phi) is 4.89. The molecule has 124 valence electrons. The van der Waals surface area contributed by atoms with E-state index in [4.69, 9.17) is 4.74 Å². The Morgan fingerprint density at radius 3 is 2.65 bits per heavy atom. The largest absolute Gasteiger partial charge is 0.378 e. The molecule has 2 aromatic heterocycles. The fourth-order valence-electron chi connectivity index (χ4n) is 2.66. The summed E-state index contributed by atoms with van der Waals surface area (Å²) in [4.78, 5) is 25.9. The third-order valence-corrected chi connectivity index (χ3v) is 6.24. The zero-order valence-corrected chi connectivity index (χ0v) is 15.5. The van der Waals surface area contributed by atoms with E-state index in [0.717, 1.165) is 21.1 Å². The maximum absolute atomic E-state index is 12.6. The van der Waals surface area contributed by atoms with E-state index in [-0.39, 0.29) is 11.2 Å². The van der Waals surface area contributed by atoms with E-state index in [9.17, 15) is 4.79 Å². The van der Waals surface area contributed by atoms with Crippen LogP contribution in [0.2, 0.25) is 0 Å². The van der Waals surface area contributed by atoms with E-state index < -0.39 is 0 Å². The summed E-state index contributed by atoms with van der Waals surface area (Å²) in [6.45, 7) is 10.7. The number of carbonyl (C=O) groups excluding carboxylic acids is 1. The number of carbonyl (C=O) groups is 1. The number of ether oxygens (including phenoxy) is 1. The number of aryl methyl sites for hydroxylation is 3. The van der Waals surface area contributed by atoms with Crippen molar-refractivity contribution >= 4 is 39.2 Å². The van der Waals surface area contributed by atoms with Gasteiger partial charge in [-0.1, -0.05) is 11.8 Å². The Balaban J connectivity index is 1.87. The van der Waals surface area contributed by atoms with E-state index in [1.165, 1.54) is 10.4 Å². The van der Waals surface area contributed by atoms with Gasteiger partial charge >= 0.3 is 0 Å². The fourth-order valence-corrected chi connectivity index (χ4v) is 4.93. The standard InChI is InChI=1S/C16H21N3O2S2/c1-9-10(2)22-14-13(9)15(18-12(4)17-14)23-11(3)16(20)19-5-7-21-8-6-19/h11H,5-8H2,1-4H3. The minimum Gasteiger partial charge on any atom is -0.378 e. The van der Waals surface area contributed by atoms with Crippen LogP contribution < -0.4 is 0 Å². The molecule has 1 aliphatic rings. The highest BCUT2D eigenvalue weighted by atomic mass is 32.2. The Morgan fingerprint density at radius 2 is 1.96 bits per heavy atom. The molecule has 7 heteroatoms. The number of aromatic nitrogens is 2. The monoisotopic (exact) mass is 351 g/mol. The van der Waals surface area contributed by atoms with Gasteiger partial charge in [0.05, 0.1) is 18.5 Å². The lowest BCUT2D eigenvalue weighted by Crippen LogP contribution is -2.44. The van der Waals surface area contributed by atoms with E-state index in [2.05, 4.69) is 23.8 Å². The van der Waals surface area contributed by atoms with Gasteiger partial charge in [0.2, 0.25) is 5.91 Å². The molecule has 3 rings (SSSR count). The smallest absolute Gasteiger partial charge is 0.235 e. The highest BCUT2D eigenvalue weighted by Gasteiger charge is 2.25. The molecule has 1 amide bonds. The second kappa shape index (κ2) is 6.75. The molecule has 1 atom stereocenters. The average Bonchev–Trinajstić information content (AvgIpc) is 2.81.